The highest BCUT2D eigenvalue weighted by atomic mass is 16.4. The average molecular weight is 260 g/mol. The Hall–Kier alpha value is -2.04. The third-order valence-electron chi connectivity index (χ3n) is 4.05. The maximum Gasteiger partial charge on any atom is 0.337 e. The van der Waals surface area contributed by atoms with Gasteiger partial charge in [0, 0.05) is 0 Å². The molecule has 0 bridgehead atoms. The highest BCUT2D eigenvalue weighted by molar-refractivity contribution is 6.11. The Labute approximate surface area is 111 Å². The lowest BCUT2D eigenvalue weighted by atomic mass is 9.79. The Morgan fingerprint density at radius 2 is 1.95 bits per heavy atom. The maximum absolute atomic E-state index is 12.3. The van der Waals surface area contributed by atoms with E-state index in [1.165, 1.54) is 6.07 Å². The summed E-state index contributed by atoms with van der Waals surface area (Å²) in [6.07, 6.45) is 4.80. The van der Waals surface area contributed by atoms with E-state index in [0.717, 1.165) is 32.1 Å². The molecule has 5 nitrogen and oxygen atoms in total. The first-order valence-electron chi connectivity index (χ1n) is 6.58. The van der Waals surface area contributed by atoms with E-state index >= 15 is 0 Å². The third kappa shape index (κ3) is 1.85. The van der Waals surface area contributed by atoms with Gasteiger partial charge in [0.05, 0.1) is 16.9 Å². The van der Waals surface area contributed by atoms with Crippen molar-refractivity contribution in [3.63, 3.8) is 0 Å². The number of hydrogen-bond donors (Lipinski definition) is 3. The van der Waals surface area contributed by atoms with E-state index in [0.29, 0.717) is 11.4 Å². The Balaban J connectivity index is 2.02. The van der Waals surface area contributed by atoms with Gasteiger partial charge in [-0.25, -0.2) is 4.79 Å². The molecule has 5 heteroatoms. The maximum atomic E-state index is 12.3. The topological polar surface area (TPSA) is 78.4 Å². The van der Waals surface area contributed by atoms with Crippen molar-refractivity contribution < 1.29 is 14.7 Å². The second-order valence-corrected chi connectivity index (χ2v) is 5.26. The van der Waals surface area contributed by atoms with Crippen molar-refractivity contribution in [1.29, 1.82) is 0 Å². The fraction of sp³-hybridized carbons (Fsp3) is 0.429. The lowest BCUT2D eigenvalue weighted by Gasteiger charge is -2.41. The molecule has 1 heterocycles. The van der Waals surface area contributed by atoms with E-state index in [1.54, 1.807) is 6.07 Å². The van der Waals surface area contributed by atoms with Gasteiger partial charge in [0.2, 0.25) is 5.91 Å². The number of carbonyl (C=O) groups is 2. The normalized spacial score (nSPS) is 20.3. The van der Waals surface area contributed by atoms with Crippen LogP contribution in [0, 0.1) is 0 Å². The van der Waals surface area contributed by atoms with Gasteiger partial charge in [0.1, 0.15) is 5.54 Å². The van der Waals surface area contributed by atoms with Crippen molar-refractivity contribution >= 4 is 23.3 Å². The minimum atomic E-state index is -1.03. The van der Waals surface area contributed by atoms with E-state index < -0.39 is 11.5 Å². The molecule has 0 atom stereocenters. The molecule has 1 aromatic rings. The van der Waals surface area contributed by atoms with Gasteiger partial charge < -0.3 is 15.7 Å². The van der Waals surface area contributed by atoms with Crippen molar-refractivity contribution in [2.45, 2.75) is 37.6 Å². The molecule has 1 amide bonds. The molecule has 0 saturated heterocycles. The number of aromatic carboxylic acids is 1. The predicted octanol–water partition coefficient (Wildman–Crippen LogP) is 2.45. The summed E-state index contributed by atoms with van der Waals surface area (Å²) in [5.74, 6) is -1.13. The molecule has 1 aliphatic carbocycles. The molecule has 100 valence electrons. The van der Waals surface area contributed by atoms with Crippen molar-refractivity contribution in [2.24, 2.45) is 0 Å². The third-order valence-corrected chi connectivity index (χ3v) is 4.05. The number of fused-ring (bicyclic) bond motifs is 1. The first-order chi connectivity index (χ1) is 9.12. The molecule has 0 radical (unpaired) electrons. The second kappa shape index (κ2) is 4.26. The van der Waals surface area contributed by atoms with Crippen LogP contribution in [0.3, 0.4) is 0 Å². The zero-order valence-corrected chi connectivity index (χ0v) is 10.5. The van der Waals surface area contributed by atoms with Gasteiger partial charge in [-0.05, 0) is 25.0 Å². The van der Waals surface area contributed by atoms with Crippen LogP contribution in [0.15, 0.2) is 18.2 Å². The van der Waals surface area contributed by atoms with E-state index in [9.17, 15) is 9.59 Å². The average Bonchev–Trinajstić information content (AvgIpc) is 2.40. The predicted molar refractivity (Wildman–Crippen MR) is 71.5 cm³/mol. The Bertz CT molecular complexity index is 548. The summed E-state index contributed by atoms with van der Waals surface area (Å²) in [5, 5.41) is 15.2. The SMILES string of the molecule is O=C(O)c1cccc2c1NC(=O)C1(CCCCC1)N2. The standard InChI is InChI=1S/C14H16N2O3/c17-12(18)9-5-4-6-10-11(9)15-13(19)14(16-10)7-2-1-3-8-14/h4-6,16H,1-3,7-8H2,(H,15,19)(H,17,18). The number of benzene rings is 1. The summed E-state index contributed by atoms with van der Waals surface area (Å²) in [6.45, 7) is 0. The van der Waals surface area contributed by atoms with Crippen LogP contribution in [-0.4, -0.2) is 22.5 Å². The van der Waals surface area contributed by atoms with Crippen molar-refractivity contribution in [2.75, 3.05) is 10.6 Å². The Morgan fingerprint density at radius 1 is 1.21 bits per heavy atom. The minimum Gasteiger partial charge on any atom is -0.478 e. The number of rotatable bonds is 1. The number of carboxylic acid groups (broad SMARTS) is 1. The Morgan fingerprint density at radius 3 is 2.63 bits per heavy atom. The minimum absolute atomic E-state index is 0.103. The van der Waals surface area contributed by atoms with Gasteiger partial charge in [0.25, 0.3) is 0 Å². The van der Waals surface area contributed by atoms with E-state index in [1.807, 2.05) is 6.07 Å². The molecule has 1 spiro atoms. The quantitative estimate of drug-likeness (QED) is 0.724. The number of nitrogens with one attached hydrogen (secondary N) is 2. The van der Waals surface area contributed by atoms with Crippen LogP contribution in [0.4, 0.5) is 11.4 Å². The molecule has 19 heavy (non-hydrogen) atoms. The summed E-state index contributed by atoms with van der Waals surface area (Å²) in [6, 6.07) is 5.02. The van der Waals surface area contributed by atoms with Crippen LogP contribution in [0.2, 0.25) is 0 Å². The van der Waals surface area contributed by atoms with Crippen LogP contribution in [0.1, 0.15) is 42.5 Å². The smallest absolute Gasteiger partial charge is 0.337 e. The lowest BCUT2D eigenvalue weighted by Crippen LogP contribution is -2.53. The van der Waals surface area contributed by atoms with Gasteiger partial charge in [0.15, 0.2) is 0 Å². The molecule has 0 unspecified atom stereocenters. The molecular formula is C14H16N2O3. The number of carbonyl (C=O) groups excluding carboxylic acids is 1. The van der Waals surface area contributed by atoms with Crippen LogP contribution >= 0.6 is 0 Å². The van der Waals surface area contributed by atoms with Crippen LogP contribution in [-0.2, 0) is 4.79 Å². The van der Waals surface area contributed by atoms with Gasteiger partial charge in [-0.2, -0.15) is 0 Å². The van der Waals surface area contributed by atoms with Gasteiger partial charge in [-0.15, -0.1) is 0 Å². The summed E-state index contributed by atoms with van der Waals surface area (Å²) >= 11 is 0. The zero-order chi connectivity index (χ0) is 13.5. The zero-order valence-electron chi connectivity index (χ0n) is 10.5. The monoisotopic (exact) mass is 260 g/mol. The van der Waals surface area contributed by atoms with E-state index in [-0.39, 0.29) is 11.5 Å². The number of amides is 1. The number of hydrogen-bond acceptors (Lipinski definition) is 3. The fourth-order valence-electron chi connectivity index (χ4n) is 3.02. The largest absolute Gasteiger partial charge is 0.478 e. The Kier molecular flexibility index (Phi) is 2.69. The highest BCUT2D eigenvalue weighted by Crippen LogP contribution is 2.40. The van der Waals surface area contributed by atoms with Crippen LogP contribution in [0.25, 0.3) is 0 Å². The van der Waals surface area contributed by atoms with Gasteiger partial charge >= 0.3 is 5.97 Å². The van der Waals surface area contributed by atoms with E-state index in [2.05, 4.69) is 10.6 Å². The molecular weight excluding hydrogens is 244 g/mol. The summed E-state index contributed by atoms with van der Waals surface area (Å²) in [7, 11) is 0. The lowest BCUT2D eigenvalue weighted by molar-refractivity contribution is -0.121. The van der Waals surface area contributed by atoms with Crippen molar-refractivity contribution in [1.82, 2.24) is 0 Å². The molecule has 1 aromatic carbocycles. The molecule has 1 aliphatic heterocycles. The van der Waals surface area contributed by atoms with Gasteiger partial charge in [-0.1, -0.05) is 25.3 Å². The second-order valence-electron chi connectivity index (χ2n) is 5.26. The highest BCUT2D eigenvalue weighted by Gasteiger charge is 2.43. The first-order valence-corrected chi connectivity index (χ1v) is 6.58. The summed E-state index contributed by atoms with van der Waals surface area (Å²) in [4.78, 5) is 23.5. The number of anilines is 2. The van der Waals surface area contributed by atoms with Crippen LogP contribution < -0.4 is 10.6 Å². The summed E-state index contributed by atoms with van der Waals surface area (Å²) in [5.41, 5.74) is 0.671. The van der Waals surface area contributed by atoms with E-state index in [4.69, 9.17) is 5.11 Å². The number of carboxylic acids is 1. The van der Waals surface area contributed by atoms with Crippen molar-refractivity contribution in [3.8, 4) is 0 Å². The molecule has 0 aromatic heterocycles. The molecule has 1 saturated carbocycles. The summed E-state index contributed by atoms with van der Waals surface area (Å²) < 4.78 is 0. The molecule has 1 fully saturated rings. The number of para-hydroxylation sites is 1. The van der Waals surface area contributed by atoms with Crippen molar-refractivity contribution in [3.05, 3.63) is 23.8 Å². The molecule has 2 aliphatic rings. The molecule has 3 N–H and O–H groups in total. The fourth-order valence-corrected chi connectivity index (χ4v) is 3.02. The molecule has 3 rings (SSSR count). The first kappa shape index (κ1) is 12.0. The van der Waals surface area contributed by atoms with Gasteiger partial charge in [-0.3, -0.25) is 4.79 Å². The van der Waals surface area contributed by atoms with Crippen LogP contribution in [0.5, 0.6) is 0 Å².